The number of urea groups is 1. The largest absolute Gasteiger partial charge is 0.377 e. The van der Waals surface area contributed by atoms with Crippen molar-refractivity contribution in [1.82, 2.24) is 24.6 Å². The van der Waals surface area contributed by atoms with Gasteiger partial charge in [-0.05, 0) is 25.3 Å². The summed E-state index contributed by atoms with van der Waals surface area (Å²) in [6, 6.07) is 3.46. The molecule has 1 atom stereocenters. The molecule has 134 valence electrons. The van der Waals surface area contributed by atoms with Gasteiger partial charge in [0.15, 0.2) is 0 Å². The Kier molecular flexibility index (Phi) is 5.28. The van der Waals surface area contributed by atoms with E-state index in [2.05, 4.69) is 34.2 Å². The van der Waals surface area contributed by atoms with Crippen LogP contribution in [0.1, 0.15) is 38.8 Å². The number of likely N-dealkylation sites (tertiary alicyclic amines) is 1. The maximum absolute atomic E-state index is 12.6. The van der Waals surface area contributed by atoms with Crippen molar-refractivity contribution in [3.05, 3.63) is 30.2 Å². The van der Waals surface area contributed by atoms with E-state index in [1.54, 1.807) is 28.0 Å². The van der Waals surface area contributed by atoms with Crippen LogP contribution < -0.4 is 5.32 Å². The summed E-state index contributed by atoms with van der Waals surface area (Å²) in [7, 11) is 0. The number of hydrogen-bond acceptors (Lipinski definition) is 5. The molecule has 1 saturated heterocycles. The second-order valence-corrected chi connectivity index (χ2v) is 6.31. The highest BCUT2D eigenvalue weighted by molar-refractivity contribution is 5.89. The molecule has 8 heteroatoms. The molecule has 0 saturated carbocycles. The third-order valence-corrected chi connectivity index (χ3v) is 4.13. The summed E-state index contributed by atoms with van der Waals surface area (Å²) in [5.41, 5.74) is 0.872. The number of amides is 2. The van der Waals surface area contributed by atoms with E-state index in [4.69, 9.17) is 4.74 Å². The van der Waals surface area contributed by atoms with Crippen LogP contribution in [-0.2, 0) is 4.74 Å². The number of aromatic nitrogens is 4. The van der Waals surface area contributed by atoms with Crippen LogP contribution in [0.3, 0.4) is 0 Å². The van der Waals surface area contributed by atoms with E-state index >= 15 is 0 Å². The number of carbonyl (C=O) groups excluding carboxylic acids is 1. The Labute approximate surface area is 147 Å². The molecule has 3 heterocycles. The molecule has 1 fully saturated rings. The normalized spacial score (nSPS) is 17.3. The predicted octanol–water partition coefficient (Wildman–Crippen LogP) is 2.43. The SMILES string of the molecule is CCO[C@H]1CCN(C(=O)Nc2cc(C(C)C)nn2-c2ncccn2)C1. The molecule has 25 heavy (non-hydrogen) atoms. The lowest BCUT2D eigenvalue weighted by Crippen LogP contribution is -2.34. The van der Waals surface area contributed by atoms with E-state index in [9.17, 15) is 4.79 Å². The van der Waals surface area contributed by atoms with Crippen LogP contribution in [-0.4, -0.2) is 56.5 Å². The fourth-order valence-corrected chi connectivity index (χ4v) is 2.80. The van der Waals surface area contributed by atoms with Crippen molar-refractivity contribution in [3.8, 4) is 5.95 Å². The molecule has 3 rings (SSSR count). The van der Waals surface area contributed by atoms with Crippen molar-refractivity contribution in [2.24, 2.45) is 0 Å². The van der Waals surface area contributed by atoms with Gasteiger partial charge in [0.25, 0.3) is 5.95 Å². The first-order chi connectivity index (χ1) is 12.1. The minimum Gasteiger partial charge on any atom is -0.377 e. The Morgan fingerprint density at radius 3 is 2.84 bits per heavy atom. The first-order valence-corrected chi connectivity index (χ1v) is 8.63. The number of nitrogens with zero attached hydrogens (tertiary/aromatic N) is 5. The molecule has 0 radical (unpaired) electrons. The lowest BCUT2D eigenvalue weighted by atomic mass is 10.1. The number of carbonyl (C=O) groups is 1. The van der Waals surface area contributed by atoms with Gasteiger partial charge < -0.3 is 9.64 Å². The van der Waals surface area contributed by atoms with Gasteiger partial charge in [0.2, 0.25) is 0 Å². The van der Waals surface area contributed by atoms with Gasteiger partial charge in [0.1, 0.15) is 5.82 Å². The molecular formula is C17H24N6O2. The average molecular weight is 344 g/mol. The van der Waals surface area contributed by atoms with Gasteiger partial charge in [0.05, 0.1) is 11.8 Å². The van der Waals surface area contributed by atoms with Crippen molar-refractivity contribution in [2.45, 2.75) is 39.2 Å². The number of rotatable bonds is 5. The molecule has 1 aliphatic rings. The quantitative estimate of drug-likeness (QED) is 0.900. The van der Waals surface area contributed by atoms with Crippen LogP contribution in [0.25, 0.3) is 5.95 Å². The first-order valence-electron chi connectivity index (χ1n) is 8.63. The van der Waals surface area contributed by atoms with Crippen LogP contribution in [0.4, 0.5) is 10.6 Å². The Hall–Kier alpha value is -2.48. The fourth-order valence-electron chi connectivity index (χ4n) is 2.80. The molecule has 8 nitrogen and oxygen atoms in total. The molecule has 2 aromatic heterocycles. The summed E-state index contributed by atoms with van der Waals surface area (Å²) in [6.45, 7) is 8.02. The lowest BCUT2D eigenvalue weighted by molar-refractivity contribution is 0.0716. The van der Waals surface area contributed by atoms with Gasteiger partial charge in [-0.1, -0.05) is 13.8 Å². The molecule has 2 amide bonds. The summed E-state index contributed by atoms with van der Waals surface area (Å²) in [5, 5.41) is 7.48. The smallest absolute Gasteiger partial charge is 0.323 e. The number of nitrogens with one attached hydrogen (secondary N) is 1. The monoisotopic (exact) mass is 344 g/mol. The summed E-state index contributed by atoms with van der Waals surface area (Å²) in [6.07, 6.45) is 4.28. The maximum atomic E-state index is 12.6. The van der Waals surface area contributed by atoms with E-state index in [-0.39, 0.29) is 18.1 Å². The molecule has 0 unspecified atom stereocenters. The molecule has 2 aromatic rings. The third kappa shape index (κ3) is 3.96. The lowest BCUT2D eigenvalue weighted by Gasteiger charge is -2.17. The standard InChI is InChI=1S/C17H24N6O2/c1-4-25-13-6-9-22(11-13)17(24)20-15-10-14(12(2)3)21-23(15)16-18-7-5-8-19-16/h5,7-8,10,12-13H,4,6,9,11H2,1-3H3,(H,20,24)/t13-/m0/s1. The Morgan fingerprint density at radius 2 is 2.16 bits per heavy atom. The van der Waals surface area contributed by atoms with Gasteiger partial charge in [0, 0.05) is 38.2 Å². The molecular weight excluding hydrogens is 320 g/mol. The van der Waals surface area contributed by atoms with E-state index in [1.807, 2.05) is 13.0 Å². The van der Waals surface area contributed by atoms with Gasteiger partial charge in [-0.25, -0.2) is 14.8 Å². The highest BCUT2D eigenvalue weighted by Gasteiger charge is 2.27. The van der Waals surface area contributed by atoms with Crippen molar-refractivity contribution in [1.29, 1.82) is 0 Å². The highest BCUT2D eigenvalue weighted by Crippen LogP contribution is 2.21. The van der Waals surface area contributed by atoms with Gasteiger partial charge in [-0.15, -0.1) is 0 Å². The van der Waals surface area contributed by atoms with Crippen molar-refractivity contribution < 1.29 is 9.53 Å². The summed E-state index contributed by atoms with van der Waals surface area (Å²) >= 11 is 0. The molecule has 1 aliphatic heterocycles. The Morgan fingerprint density at radius 1 is 1.40 bits per heavy atom. The number of ether oxygens (including phenoxy) is 1. The molecule has 0 bridgehead atoms. The molecule has 0 aromatic carbocycles. The Bertz CT molecular complexity index is 715. The molecule has 0 aliphatic carbocycles. The van der Waals surface area contributed by atoms with Crippen LogP contribution in [0, 0.1) is 0 Å². The number of anilines is 1. The average Bonchev–Trinajstić information content (AvgIpc) is 3.23. The van der Waals surface area contributed by atoms with Crippen molar-refractivity contribution in [3.63, 3.8) is 0 Å². The van der Waals surface area contributed by atoms with Crippen LogP contribution in [0.5, 0.6) is 0 Å². The second kappa shape index (κ2) is 7.60. The minimum atomic E-state index is -0.158. The second-order valence-electron chi connectivity index (χ2n) is 6.31. The van der Waals surface area contributed by atoms with E-state index < -0.39 is 0 Å². The van der Waals surface area contributed by atoms with Crippen molar-refractivity contribution >= 4 is 11.8 Å². The zero-order valence-electron chi connectivity index (χ0n) is 14.8. The van der Waals surface area contributed by atoms with Crippen LogP contribution in [0.2, 0.25) is 0 Å². The van der Waals surface area contributed by atoms with Gasteiger partial charge in [-0.2, -0.15) is 9.78 Å². The van der Waals surface area contributed by atoms with Gasteiger partial charge in [-0.3, -0.25) is 5.32 Å². The zero-order valence-corrected chi connectivity index (χ0v) is 14.8. The Balaban J connectivity index is 1.78. The van der Waals surface area contributed by atoms with Crippen molar-refractivity contribution in [2.75, 3.05) is 25.0 Å². The van der Waals surface area contributed by atoms with Crippen LogP contribution >= 0.6 is 0 Å². The van der Waals surface area contributed by atoms with Crippen LogP contribution in [0.15, 0.2) is 24.5 Å². The first kappa shape index (κ1) is 17.3. The predicted molar refractivity (Wildman–Crippen MR) is 93.9 cm³/mol. The van der Waals surface area contributed by atoms with Gasteiger partial charge >= 0.3 is 6.03 Å². The number of hydrogen-bond donors (Lipinski definition) is 1. The maximum Gasteiger partial charge on any atom is 0.323 e. The topological polar surface area (TPSA) is 85.2 Å². The highest BCUT2D eigenvalue weighted by atomic mass is 16.5. The molecule has 1 N–H and O–H groups in total. The summed E-state index contributed by atoms with van der Waals surface area (Å²) < 4.78 is 7.18. The fraction of sp³-hybridized carbons (Fsp3) is 0.529. The third-order valence-electron chi connectivity index (χ3n) is 4.13. The molecule has 0 spiro atoms. The van der Waals surface area contributed by atoms with E-state index in [0.717, 1.165) is 12.1 Å². The zero-order chi connectivity index (χ0) is 17.8. The minimum absolute atomic E-state index is 0.115. The summed E-state index contributed by atoms with van der Waals surface area (Å²) in [5.74, 6) is 1.23. The summed E-state index contributed by atoms with van der Waals surface area (Å²) in [4.78, 5) is 22.8. The van der Waals surface area contributed by atoms with E-state index in [1.165, 1.54) is 0 Å². The van der Waals surface area contributed by atoms with E-state index in [0.29, 0.717) is 31.5 Å².